The lowest BCUT2D eigenvalue weighted by Crippen LogP contribution is -2.28. The first-order valence-corrected chi connectivity index (χ1v) is 5.58. The predicted molar refractivity (Wildman–Crippen MR) is 59.5 cm³/mol. The number of hydrogen-bond acceptors (Lipinski definition) is 2. The molecule has 1 heterocycles. The molecular formula is C10H8BrClO3. The van der Waals surface area contributed by atoms with E-state index in [-0.39, 0.29) is 6.61 Å². The average molecular weight is 292 g/mol. The number of ether oxygens (including phenoxy) is 1. The Hall–Kier alpha value is -0.740. The van der Waals surface area contributed by atoms with E-state index in [0.717, 1.165) is 10.0 Å². The Balaban J connectivity index is 2.37. The highest BCUT2D eigenvalue weighted by Crippen LogP contribution is 2.36. The fourth-order valence-electron chi connectivity index (χ4n) is 1.56. The summed E-state index contributed by atoms with van der Waals surface area (Å²) < 4.78 is 6.17. The second kappa shape index (κ2) is 4.02. The van der Waals surface area contributed by atoms with Crippen molar-refractivity contribution in [1.29, 1.82) is 0 Å². The Morgan fingerprint density at radius 1 is 1.60 bits per heavy atom. The van der Waals surface area contributed by atoms with Crippen molar-refractivity contribution in [3.63, 3.8) is 0 Å². The van der Waals surface area contributed by atoms with Crippen LogP contribution in [0, 0.1) is 5.92 Å². The van der Waals surface area contributed by atoms with Gasteiger partial charge in [-0.25, -0.2) is 0 Å². The molecule has 1 aromatic carbocycles. The number of aliphatic carboxylic acids is 1. The fourth-order valence-corrected chi connectivity index (χ4v) is 2.50. The molecule has 1 aromatic rings. The molecule has 3 nitrogen and oxygen atoms in total. The zero-order chi connectivity index (χ0) is 11.0. The van der Waals surface area contributed by atoms with E-state index in [4.69, 9.17) is 21.4 Å². The summed E-state index contributed by atoms with van der Waals surface area (Å²) in [6, 6.07) is 3.45. The topological polar surface area (TPSA) is 46.5 Å². The maximum atomic E-state index is 10.8. The van der Waals surface area contributed by atoms with Gasteiger partial charge in [0.25, 0.3) is 0 Å². The van der Waals surface area contributed by atoms with Crippen LogP contribution in [0.1, 0.15) is 5.56 Å². The van der Waals surface area contributed by atoms with Gasteiger partial charge in [-0.15, -0.1) is 0 Å². The summed E-state index contributed by atoms with van der Waals surface area (Å²) in [5.41, 5.74) is 0.873. The molecule has 0 aliphatic carbocycles. The van der Waals surface area contributed by atoms with Crippen molar-refractivity contribution in [3.8, 4) is 5.75 Å². The molecule has 0 spiro atoms. The number of hydrogen-bond donors (Lipinski definition) is 1. The second-order valence-electron chi connectivity index (χ2n) is 3.41. The van der Waals surface area contributed by atoms with Gasteiger partial charge in [-0.2, -0.15) is 0 Å². The third-order valence-corrected chi connectivity index (χ3v) is 3.28. The van der Waals surface area contributed by atoms with Crippen molar-refractivity contribution < 1.29 is 14.6 Å². The molecule has 1 atom stereocenters. The first-order valence-electron chi connectivity index (χ1n) is 4.41. The van der Waals surface area contributed by atoms with E-state index in [1.807, 2.05) is 0 Å². The van der Waals surface area contributed by atoms with E-state index >= 15 is 0 Å². The normalized spacial score (nSPS) is 19.2. The van der Waals surface area contributed by atoms with Crippen LogP contribution < -0.4 is 4.74 Å². The second-order valence-corrected chi connectivity index (χ2v) is 4.71. The summed E-state index contributed by atoms with van der Waals surface area (Å²) in [6.07, 6.45) is 0.475. The minimum Gasteiger partial charge on any atom is -0.492 e. The summed E-state index contributed by atoms with van der Waals surface area (Å²) in [6.45, 7) is 0.203. The Kier molecular flexibility index (Phi) is 2.89. The van der Waals surface area contributed by atoms with Gasteiger partial charge in [0.15, 0.2) is 0 Å². The molecule has 0 saturated carbocycles. The molecule has 1 aliphatic rings. The Labute approximate surface area is 100 Å². The van der Waals surface area contributed by atoms with E-state index in [2.05, 4.69) is 15.9 Å². The quantitative estimate of drug-likeness (QED) is 0.865. The van der Waals surface area contributed by atoms with Crippen molar-refractivity contribution in [3.05, 3.63) is 27.2 Å². The monoisotopic (exact) mass is 290 g/mol. The van der Waals surface area contributed by atoms with Crippen molar-refractivity contribution in [2.24, 2.45) is 5.92 Å². The van der Waals surface area contributed by atoms with E-state index in [1.165, 1.54) is 0 Å². The highest BCUT2D eigenvalue weighted by atomic mass is 79.9. The first kappa shape index (κ1) is 10.8. The van der Waals surface area contributed by atoms with E-state index in [0.29, 0.717) is 17.2 Å². The highest BCUT2D eigenvalue weighted by molar-refractivity contribution is 9.10. The maximum absolute atomic E-state index is 10.8. The van der Waals surface area contributed by atoms with Crippen LogP contribution in [0.5, 0.6) is 5.75 Å². The van der Waals surface area contributed by atoms with Gasteiger partial charge in [-0.3, -0.25) is 4.79 Å². The van der Waals surface area contributed by atoms with Gasteiger partial charge in [-0.05, 0) is 18.6 Å². The van der Waals surface area contributed by atoms with Crippen LogP contribution >= 0.6 is 27.5 Å². The number of carboxylic acid groups (broad SMARTS) is 1. The smallest absolute Gasteiger partial charge is 0.310 e. The van der Waals surface area contributed by atoms with Crippen LogP contribution in [0.15, 0.2) is 16.6 Å². The number of rotatable bonds is 1. The lowest BCUT2D eigenvalue weighted by molar-refractivity contribution is -0.143. The minimum atomic E-state index is -0.831. The average Bonchev–Trinajstić information content (AvgIpc) is 2.16. The molecule has 5 heteroatoms. The van der Waals surface area contributed by atoms with Gasteiger partial charge in [0, 0.05) is 15.1 Å². The molecule has 1 aliphatic heterocycles. The standard InChI is InChI=1S/C10H8BrClO3/c11-8-2-6(12)3-9-7(8)1-5(4-15-9)10(13)14/h2-3,5H,1,4H2,(H,13,14). The third kappa shape index (κ3) is 2.11. The summed E-state index contributed by atoms with van der Waals surface area (Å²) in [5.74, 6) is -0.635. The lowest BCUT2D eigenvalue weighted by Gasteiger charge is -2.23. The van der Waals surface area contributed by atoms with Gasteiger partial charge in [0.2, 0.25) is 0 Å². The zero-order valence-electron chi connectivity index (χ0n) is 7.67. The molecule has 0 bridgehead atoms. The summed E-state index contributed by atoms with van der Waals surface area (Å²) in [7, 11) is 0. The van der Waals surface area contributed by atoms with Crippen molar-refractivity contribution in [2.75, 3.05) is 6.61 Å². The summed E-state index contributed by atoms with van der Waals surface area (Å²) in [4.78, 5) is 10.8. The highest BCUT2D eigenvalue weighted by Gasteiger charge is 2.27. The Morgan fingerprint density at radius 3 is 3.00 bits per heavy atom. The van der Waals surface area contributed by atoms with Gasteiger partial charge >= 0.3 is 5.97 Å². The molecule has 0 saturated heterocycles. The van der Waals surface area contributed by atoms with Crippen molar-refractivity contribution in [2.45, 2.75) is 6.42 Å². The third-order valence-electron chi connectivity index (χ3n) is 2.36. The van der Waals surface area contributed by atoms with E-state index in [9.17, 15) is 4.79 Å². The molecule has 0 amide bonds. The summed E-state index contributed by atoms with van der Waals surface area (Å²) >= 11 is 9.21. The van der Waals surface area contributed by atoms with Gasteiger partial charge in [0.05, 0.1) is 5.92 Å². The number of benzene rings is 1. The van der Waals surface area contributed by atoms with E-state index < -0.39 is 11.9 Å². The number of carbonyl (C=O) groups is 1. The van der Waals surface area contributed by atoms with Gasteiger partial charge < -0.3 is 9.84 Å². The molecular weight excluding hydrogens is 283 g/mol. The van der Waals surface area contributed by atoms with Crippen LogP contribution in [0.4, 0.5) is 0 Å². The predicted octanol–water partition coefficient (Wildman–Crippen LogP) is 2.74. The molecule has 0 aromatic heterocycles. The van der Waals surface area contributed by atoms with Crippen LogP contribution in [0.2, 0.25) is 5.02 Å². The molecule has 0 fully saturated rings. The van der Waals surface area contributed by atoms with Crippen LogP contribution in [-0.4, -0.2) is 17.7 Å². The lowest BCUT2D eigenvalue weighted by atomic mass is 9.97. The molecule has 1 N–H and O–H groups in total. The molecule has 15 heavy (non-hydrogen) atoms. The minimum absolute atomic E-state index is 0.203. The van der Waals surface area contributed by atoms with Crippen molar-refractivity contribution in [1.82, 2.24) is 0 Å². The number of fused-ring (bicyclic) bond motifs is 1. The largest absolute Gasteiger partial charge is 0.492 e. The van der Waals surface area contributed by atoms with Crippen LogP contribution in [0.25, 0.3) is 0 Å². The number of carboxylic acids is 1. The first-order chi connectivity index (χ1) is 7.08. The molecule has 2 rings (SSSR count). The maximum Gasteiger partial charge on any atom is 0.310 e. The van der Waals surface area contributed by atoms with Crippen LogP contribution in [0.3, 0.4) is 0 Å². The number of halogens is 2. The van der Waals surface area contributed by atoms with E-state index in [1.54, 1.807) is 12.1 Å². The zero-order valence-corrected chi connectivity index (χ0v) is 10.0. The fraction of sp³-hybridized carbons (Fsp3) is 0.300. The Morgan fingerprint density at radius 2 is 2.33 bits per heavy atom. The van der Waals surface area contributed by atoms with Gasteiger partial charge in [0.1, 0.15) is 12.4 Å². The van der Waals surface area contributed by atoms with Crippen LogP contribution in [-0.2, 0) is 11.2 Å². The van der Waals surface area contributed by atoms with Gasteiger partial charge in [-0.1, -0.05) is 27.5 Å². The van der Waals surface area contributed by atoms with Crippen molar-refractivity contribution >= 4 is 33.5 Å². The SMILES string of the molecule is O=C(O)C1COc2cc(Cl)cc(Br)c2C1. The molecule has 80 valence electrons. The summed E-state index contributed by atoms with van der Waals surface area (Å²) in [5, 5.41) is 9.47. The Bertz CT molecular complexity index is 419. The molecule has 1 unspecified atom stereocenters. The molecule has 0 radical (unpaired) electrons.